The highest BCUT2D eigenvalue weighted by Crippen LogP contribution is 2.39. The average Bonchev–Trinajstić information content (AvgIpc) is 2.55. The molecular formula is C15H30N2O3S. The summed E-state index contributed by atoms with van der Waals surface area (Å²) in [6.07, 6.45) is 6.33. The topological polar surface area (TPSA) is 72.6 Å². The van der Waals surface area contributed by atoms with Crippen molar-refractivity contribution in [2.45, 2.75) is 62.7 Å². The first kappa shape index (κ1) is 17.2. The van der Waals surface area contributed by atoms with E-state index in [0.29, 0.717) is 32.6 Å². The maximum Gasteiger partial charge on any atom is 0.217 e. The molecule has 1 saturated carbocycles. The van der Waals surface area contributed by atoms with E-state index >= 15 is 0 Å². The van der Waals surface area contributed by atoms with Crippen molar-refractivity contribution < 1.29 is 13.2 Å². The Morgan fingerprint density at radius 3 is 2.24 bits per heavy atom. The molecule has 0 aromatic heterocycles. The van der Waals surface area contributed by atoms with Crippen LogP contribution in [-0.4, -0.2) is 50.3 Å². The van der Waals surface area contributed by atoms with E-state index < -0.39 is 10.0 Å². The maximum atomic E-state index is 12.9. The summed E-state index contributed by atoms with van der Waals surface area (Å²) in [5.74, 6) is 0.726. The van der Waals surface area contributed by atoms with Gasteiger partial charge in [0.05, 0.1) is 5.25 Å². The van der Waals surface area contributed by atoms with Gasteiger partial charge in [0.1, 0.15) is 0 Å². The number of likely N-dealkylation sites (N-methyl/N-ethyl adjacent to an activating group) is 1. The largest absolute Gasteiger partial charge is 0.381 e. The molecule has 0 bridgehead atoms. The average molecular weight is 318 g/mol. The molecule has 0 spiro atoms. The van der Waals surface area contributed by atoms with Crippen molar-refractivity contribution in [3.8, 4) is 0 Å². The van der Waals surface area contributed by atoms with Gasteiger partial charge in [0, 0.05) is 32.3 Å². The highest BCUT2D eigenvalue weighted by molar-refractivity contribution is 7.89. The molecule has 0 aromatic rings. The lowest BCUT2D eigenvalue weighted by Gasteiger charge is -2.46. The lowest BCUT2D eigenvalue weighted by atomic mass is 9.75. The third-order valence-corrected chi connectivity index (χ3v) is 8.10. The van der Waals surface area contributed by atoms with Crippen molar-refractivity contribution in [2.75, 3.05) is 26.8 Å². The second kappa shape index (κ2) is 6.94. The van der Waals surface area contributed by atoms with E-state index in [1.807, 2.05) is 0 Å². The zero-order valence-corrected chi connectivity index (χ0v) is 14.2. The molecule has 0 atom stereocenters. The molecule has 1 saturated heterocycles. The third-order valence-electron chi connectivity index (χ3n) is 5.63. The van der Waals surface area contributed by atoms with Crippen molar-refractivity contribution in [1.29, 1.82) is 0 Å². The van der Waals surface area contributed by atoms with Crippen LogP contribution in [0, 0.1) is 5.92 Å². The Bertz CT molecular complexity index is 424. The van der Waals surface area contributed by atoms with E-state index in [2.05, 4.69) is 6.92 Å². The Balaban J connectivity index is 2.13. The van der Waals surface area contributed by atoms with Gasteiger partial charge in [0.15, 0.2) is 0 Å². The van der Waals surface area contributed by atoms with E-state index in [0.717, 1.165) is 31.6 Å². The lowest BCUT2D eigenvalue weighted by molar-refractivity contribution is 0.0923. The standard InChI is InChI=1S/C15H30N2O3S/c1-3-13-4-8-15(12-16,9-5-13)17(2)21(18,19)14-6-10-20-11-7-14/h13-14H,3-12,16H2,1-2H3. The first-order valence-corrected chi connectivity index (χ1v) is 9.72. The predicted octanol–water partition coefficient (Wildman–Crippen LogP) is 1.72. The first-order valence-electron chi connectivity index (χ1n) is 8.22. The summed E-state index contributed by atoms with van der Waals surface area (Å²) in [6, 6.07) is 0. The summed E-state index contributed by atoms with van der Waals surface area (Å²) in [4.78, 5) is 0. The van der Waals surface area contributed by atoms with E-state index in [-0.39, 0.29) is 10.8 Å². The molecule has 1 heterocycles. The molecule has 6 heteroatoms. The minimum atomic E-state index is -3.28. The van der Waals surface area contributed by atoms with Crippen molar-refractivity contribution >= 4 is 10.0 Å². The molecule has 0 unspecified atom stereocenters. The van der Waals surface area contributed by atoms with Crippen molar-refractivity contribution in [3.63, 3.8) is 0 Å². The van der Waals surface area contributed by atoms with Crippen LogP contribution < -0.4 is 5.73 Å². The zero-order valence-electron chi connectivity index (χ0n) is 13.4. The Hall–Kier alpha value is -0.170. The van der Waals surface area contributed by atoms with Crippen LogP contribution in [0.4, 0.5) is 0 Å². The number of ether oxygens (including phenoxy) is 1. The normalized spacial score (nSPS) is 32.5. The number of hydrogen-bond donors (Lipinski definition) is 1. The first-order chi connectivity index (χ1) is 9.96. The van der Waals surface area contributed by atoms with E-state index in [1.54, 1.807) is 11.4 Å². The van der Waals surface area contributed by atoms with Crippen molar-refractivity contribution in [1.82, 2.24) is 4.31 Å². The molecule has 2 rings (SSSR count). The fraction of sp³-hybridized carbons (Fsp3) is 1.00. The molecule has 2 N–H and O–H groups in total. The predicted molar refractivity (Wildman–Crippen MR) is 84.6 cm³/mol. The third kappa shape index (κ3) is 3.44. The van der Waals surface area contributed by atoms with Gasteiger partial charge in [-0.2, -0.15) is 4.31 Å². The monoisotopic (exact) mass is 318 g/mol. The molecule has 0 aromatic carbocycles. The van der Waals surface area contributed by atoms with Gasteiger partial charge < -0.3 is 10.5 Å². The van der Waals surface area contributed by atoms with Crippen molar-refractivity contribution in [2.24, 2.45) is 11.7 Å². The van der Waals surface area contributed by atoms with Crippen LogP contribution in [-0.2, 0) is 14.8 Å². The van der Waals surface area contributed by atoms with Gasteiger partial charge in [-0.1, -0.05) is 13.3 Å². The summed E-state index contributed by atoms with van der Waals surface area (Å²) in [7, 11) is -1.54. The van der Waals surface area contributed by atoms with E-state index in [9.17, 15) is 8.42 Å². The van der Waals surface area contributed by atoms with E-state index in [1.165, 1.54) is 6.42 Å². The SMILES string of the molecule is CCC1CCC(CN)(N(C)S(=O)(=O)C2CCOCC2)CC1. The number of nitrogens with zero attached hydrogens (tertiary/aromatic N) is 1. The van der Waals surface area contributed by atoms with Crippen LogP contribution in [0.15, 0.2) is 0 Å². The Morgan fingerprint density at radius 1 is 1.19 bits per heavy atom. The van der Waals surface area contributed by atoms with Crippen LogP contribution in [0.3, 0.4) is 0 Å². The number of sulfonamides is 1. The van der Waals surface area contributed by atoms with Gasteiger partial charge in [-0.05, 0) is 44.4 Å². The highest BCUT2D eigenvalue weighted by Gasteiger charge is 2.45. The Labute approximate surface area is 129 Å². The van der Waals surface area contributed by atoms with Crippen LogP contribution in [0.25, 0.3) is 0 Å². The second-order valence-electron chi connectivity index (χ2n) is 6.60. The van der Waals surface area contributed by atoms with Gasteiger partial charge in [-0.3, -0.25) is 0 Å². The van der Waals surface area contributed by atoms with Gasteiger partial charge >= 0.3 is 0 Å². The Kier molecular flexibility index (Phi) is 5.68. The van der Waals surface area contributed by atoms with Crippen LogP contribution in [0.2, 0.25) is 0 Å². The van der Waals surface area contributed by atoms with Crippen molar-refractivity contribution in [3.05, 3.63) is 0 Å². The van der Waals surface area contributed by atoms with Gasteiger partial charge in [0.2, 0.25) is 10.0 Å². The Morgan fingerprint density at radius 2 is 1.76 bits per heavy atom. The summed E-state index contributed by atoms with van der Waals surface area (Å²) in [5, 5.41) is -0.302. The zero-order chi connectivity index (χ0) is 15.5. The molecule has 2 fully saturated rings. The lowest BCUT2D eigenvalue weighted by Crippen LogP contribution is -2.58. The maximum absolute atomic E-state index is 12.9. The molecular weight excluding hydrogens is 288 g/mol. The van der Waals surface area contributed by atoms with Gasteiger partial charge in [-0.15, -0.1) is 0 Å². The summed E-state index contributed by atoms with van der Waals surface area (Å²) < 4.78 is 32.7. The molecule has 0 radical (unpaired) electrons. The number of hydrogen-bond acceptors (Lipinski definition) is 4. The van der Waals surface area contributed by atoms with Gasteiger partial charge in [0.25, 0.3) is 0 Å². The second-order valence-corrected chi connectivity index (χ2v) is 8.85. The summed E-state index contributed by atoms with van der Waals surface area (Å²) >= 11 is 0. The summed E-state index contributed by atoms with van der Waals surface area (Å²) in [6.45, 7) is 3.72. The molecule has 0 amide bonds. The van der Waals surface area contributed by atoms with E-state index in [4.69, 9.17) is 10.5 Å². The number of rotatable bonds is 5. The fourth-order valence-electron chi connectivity index (χ4n) is 3.74. The number of nitrogens with two attached hydrogens (primary N) is 1. The summed E-state index contributed by atoms with van der Waals surface area (Å²) in [5.41, 5.74) is 5.65. The molecule has 1 aliphatic carbocycles. The minimum Gasteiger partial charge on any atom is -0.381 e. The molecule has 124 valence electrons. The van der Waals surface area contributed by atoms with Gasteiger partial charge in [-0.25, -0.2) is 8.42 Å². The quantitative estimate of drug-likeness (QED) is 0.838. The van der Waals surface area contributed by atoms with Crippen LogP contribution in [0.5, 0.6) is 0 Å². The smallest absolute Gasteiger partial charge is 0.217 e. The fourth-order valence-corrected chi connectivity index (χ4v) is 5.77. The molecule has 2 aliphatic rings. The molecule has 5 nitrogen and oxygen atoms in total. The molecule has 1 aliphatic heterocycles. The molecule has 21 heavy (non-hydrogen) atoms. The van der Waals surface area contributed by atoms with Crippen LogP contribution >= 0.6 is 0 Å². The van der Waals surface area contributed by atoms with Crippen LogP contribution in [0.1, 0.15) is 51.9 Å². The highest BCUT2D eigenvalue weighted by atomic mass is 32.2. The minimum absolute atomic E-state index is 0.302.